The number of carbonyl (C=O) groups is 1. The van der Waals surface area contributed by atoms with E-state index < -0.39 is 12.0 Å². The summed E-state index contributed by atoms with van der Waals surface area (Å²) >= 11 is 0. The number of aliphatic carboxylic acids is 1. The summed E-state index contributed by atoms with van der Waals surface area (Å²) in [7, 11) is 0. The lowest BCUT2D eigenvalue weighted by molar-refractivity contribution is -0.137. The van der Waals surface area contributed by atoms with Gasteiger partial charge in [0.15, 0.2) is 0 Å². The number of hydrogen-bond acceptors (Lipinski definition) is 5. The minimum absolute atomic E-state index is 0.121. The van der Waals surface area contributed by atoms with E-state index in [0.29, 0.717) is 11.5 Å². The second-order valence-electron chi connectivity index (χ2n) is 3.07. The number of rotatable bonds is 5. The standard InChI is InChI=1S/C9H14N4O2/c1-2-11-9-12-4-6(5-13-9)7(10)3-8(14)15/h4-5,7H,2-3,10H2,1H3,(H,14,15)(H,11,12,13)/t7-/m0/s1. The van der Waals surface area contributed by atoms with Gasteiger partial charge in [-0.05, 0) is 6.92 Å². The Hall–Kier alpha value is -1.69. The van der Waals surface area contributed by atoms with Crippen molar-refractivity contribution in [2.24, 2.45) is 5.73 Å². The summed E-state index contributed by atoms with van der Waals surface area (Å²) in [5, 5.41) is 11.5. The number of nitrogens with zero attached hydrogens (tertiary/aromatic N) is 2. The lowest BCUT2D eigenvalue weighted by Crippen LogP contribution is -2.16. The number of carboxylic acids is 1. The Labute approximate surface area is 87.5 Å². The molecule has 0 aliphatic rings. The van der Waals surface area contributed by atoms with Crippen LogP contribution in [-0.4, -0.2) is 27.6 Å². The Morgan fingerprint density at radius 1 is 1.60 bits per heavy atom. The fourth-order valence-electron chi connectivity index (χ4n) is 1.08. The minimum atomic E-state index is -0.932. The molecule has 1 aromatic heterocycles. The lowest BCUT2D eigenvalue weighted by Gasteiger charge is -2.08. The second kappa shape index (κ2) is 5.26. The molecule has 15 heavy (non-hydrogen) atoms. The summed E-state index contributed by atoms with van der Waals surface area (Å²) in [6, 6.07) is -0.557. The van der Waals surface area contributed by atoms with Gasteiger partial charge in [0.1, 0.15) is 0 Å². The highest BCUT2D eigenvalue weighted by Gasteiger charge is 2.11. The SMILES string of the molecule is CCNc1ncc([C@@H](N)CC(=O)O)cn1. The number of nitrogens with two attached hydrogens (primary N) is 1. The van der Waals surface area contributed by atoms with Crippen molar-refractivity contribution in [1.29, 1.82) is 0 Å². The average molecular weight is 210 g/mol. The summed E-state index contributed by atoms with van der Waals surface area (Å²) in [5.74, 6) is -0.415. The largest absolute Gasteiger partial charge is 0.481 e. The quantitative estimate of drug-likeness (QED) is 0.649. The summed E-state index contributed by atoms with van der Waals surface area (Å²) < 4.78 is 0. The van der Waals surface area contributed by atoms with Gasteiger partial charge in [-0.1, -0.05) is 0 Å². The lowest BCUT2D eigenvalue weighted by atomic mass is 10.1. The highest BCUT2D eigenvalue weighted by atomic mass is 16.4. The van der Waals surface area contributed by atoms with E-state index in [9.17, 15) is 4.79 Å². The predicted molar refractivity (Wildman–Crippen MR) is 55.4 cm³/mol. The summed E-state index contributed by atoms with van der Waals surface area (Å²) in [4.78, 5) is 18.4. The van der Waals surface area contributed by atoms with Crippen molar-refractivity contribution in [3.05, 3.63) is 18.0 Å². The van der Waals surface area contributed by atoms with Gasteiger partial charge in [-0.15, -0.1) is 0 Å². The third-order valence-electron chi connectivity index (χ3n) is 1.83. The van der Waals surface area contributed by atoms with Gasteiger partial charge in [0.25, 0.3) is 0 Å². The van der Waals surface area contributed by atoms with Gasteiger partial charge in [0.2, 0.25) is 5.95 Å². The van der Waals surface area contributed by atoms with Crippen LogP contribution in [0.3, 0.4) is 0 Å². The number of aromatic nitrogens is 2. The maximum Gasteiger partial charge on any atom is 0.305 e. The number of carboxylic acid groups (broad SMARTS) is 1. The molecule has 1 atom stereocenters. The van der Waals surface area contributed by atoms with Crippen LogP contribution in [-0.2, 0) is 4.79 Å². The molecule has 0 saturated carbocycles. The zero-order valence-electron chi connectivity index (χ0n) is 8.47. The second-order valence-corrected chi connectivity index (χ2v) is 3.07. The van der Waals surface area contributed by atoms with E-state index in [1.807, 2.05) is 6.92 Å². The zero-order chi connectivity index (χ0) is 11.3. The van der Waals surface area contributed by atoms with Crippen LogP contribution in [0.4, 0.5) is 5.95 Å². The molecule has 4 N–H and O–H groups in total. The first-order valence-electron chi connectivity index (χ1n) is 4.66. The molecule has 6 heteroatoms. The van der Waals surface area contributed by atoms with Crippen LogP contribution in [0.1, 0.15) is 24.9 Å². The molecule has 0 unspecified atom stereocenters. The molecule has 1 heterocycles. The highest BCUT2D eigenvalue weighted by molar-refractivity contribution is 5.67. The molecule has 0 aliphatic carbocycles. The van der Waals surface area contributed by atoms with E-state index in [-0.39, 0.29) is 6.42 Å². The molecule has 82 valence electrons. The van der Waals surface area contributed by atoms with Crippen LogP contribution >= 0.6 is 0 Å². The van der Waals surface area contributed by atoms with Gasteiger partial charge in [-0.3, -0.25) is 4.79 Å². The normalized spacial score (nSPS) is 12.1. The number of anilines is 1. The van der Waals surface area contributed by atoms with Gasteiger partial charge in [-0.2, -0.15) is 0 Å². The molecule has 0 saturated heterocycles. The van der Waals surface area contributed by atoms with Crippen LogP contribution < -0.4 is 11.1 Å². The first-order valence-corrected chi connectivity index (χ1v) is 4.66. The third kappa shape index (κ3) is 3.51. The monoisotopic (exact) mass is 210 g/mol. The van der Waals surface area contributed by atoms with Gasteiger partial charge in [0.05, 0.1) is 6.42 Å². The first-order chi connectivity index (χ1) is 7.13. The van der Waals surface area contributed by atoms with Crippen molar-refractivity contribution in [3.8, 4) is 0 Å². The molecule has 0 amide bonds. The van der Waals surface area contributed by atoms with Crippen molar-refractivity contribution in [2.75, 3.05) is 11.9 Å². The van der Waals surface area contributed by atoms with E-state index in [1.54, 1.807) is 12.4 Å². The minimum Gasteiger partial charge on any atom is -0.481 e. The molecular formula is C9H14N4O2. The fourth-order valence-corrected chi connectivity index (χ4v) is 1.08. The Balaban J connectivity index is 2.66. The average Bonchev–Trinajstić information content (AvgIpc) is 2.18. The predicted octanol–water partition coefficient (Wildman–Crippen LogP) is 0.383. The Kier molecular flexibility index (Phi) is 3.99. The summed E-state index contributed by atoms with van der Waals surface area (Å²) in [5.41, 5.74) is 6.26. The van der Waals surface area contributed by atoms with Crippen molar-refractivity contribution in [3.63, 3.8) is 0 Å². The van der Waals surface area contributed by atoms with Gasteiger partial charge in [-0.25, -0.2) is 9.97 Å². The molecule has 0 aliphatic heterocycles. The van der Waals surface area contributed by atoms with E-state index in [2.05, 4.69) is 15.3 Å². The van der Waals surface area contributed by atoms with Gasteiger partial charge in [0, 0.05) is 30.5 Å². The molecular weight excluding hydrogens is 196 g/mol. The molecule has 1 aromatic rings. The Bertz CT molecular complexity index is 325. The molecule has 0 radical (unpaired) electrons. The van der Waals surface area contributed by atoms with Crippen LogP contribution in [0.5, 0.6) is 0 Å². The Morgan fingerprint density at radius 3 is 2.67 bits per heavy atom. The molecule has 0 bridgehead atoms. The zero-order valence-corrected chi connectivity index (χ0v) is 8.47. The van der Waals surface area contributed by atoms with Crippen molar-refractivity contribution in [2.45, 2.75) is 19.4 Å². The Morgan fingerprint density at radius 2 is 2.20 bits per heavy atom. The van der Waals surface area contributed by atoms with Crippen molar-refractivity contribution >= 4 is 11.9 Å². The smallest absolute Gasteiger partial charge is 0.305 e. The first kappa shape index (κ1) is 11.4. The van der Waals surface area contributed by atoms with Gasteiger partial charge < -0.3 is 16.2 Å². The topological polar surface area (TPSA) is 101 Å². The van der Waals surface area contributed by atoms with Crippen LogP contribution in [0.2, 0.25) is 0 Å². The summed E-state index contributed by atoms with van der Waals surface area (Å²) in [6.07, 6.45) is 2.96. The van der Waals surface area contributed by atoms with Crippen LogP contribution in [0.25, 0.3) is 0 Å². The van der Waals surface area contributed by atoms with E-state index in [1.165, 1.54) is 0 Å². The van der Waals surface area contributed by atoms with E-state index >= 15 is 0 Å². The molecule has 1 rings (SSSR count). The molecule has 0 fully saturated rings. The number of hydrogen-bond donors (Lipinski definition) is 3. The number of nitrogens with one attached hydrogen (secondary N) is 1. The van der Waals surface area contributed by atoms with E-state index in [0.717, 1.165) is 6.54 Å². The molecule has 6 nitrogen and oxygen atoms in total. The summed E-state index contributed by atoms with van der Waals surface area (Å²) in [6.45, 7) is 2.67. The van der Waals surface area contributed by atoms with Crippen molar-refractivity contribution in [1.82, 2.24) is 9.97 Å². The van der Waals surface area contributed by atoms with E-state index in [4.69, 9.17) is 10.8 Å². The molecule has 0 spiro atoms. The molecule has 0 aromatic carbocycles. The van der Waals surface area contributed by atoms with Crippen LogP contribution in [0.15, 0.2) is 12.4 Å². The maximum atomic E-state index is 10.4. The fraction of sp³-hybridized carbons (Fsp3) is 0.444. The third-order valence-corrected chi connectivity index (χ3v) is 1.83. The highest BCUT2D eigenvalue weighted by Crippen LogP contribution is 2.12. The maximum absolute atomic E-state index is 10.4. The van der Waals surface area contributed by atoms with Crippen molar-refractivity contribution < 1.29 is 9.90 Å². The van der Waals surface area contributed by atoms with Gasteiger partial charge >= 0.3 is 5.97 Å². The van der Waals surface area contributed by atoms with Crippen LogP contribution in [0, 0.1) is 0 Å².